The van der Waals surface area contributed by atoms with Gasteiger partial charge in [-0.3, -0.25) is 5.32 Å². The molecular formula is C20H19ClN4O2S. The SMILES string of the molecule is C=CCOC(=O)Nc1cccc(-c2nc(CCC)sc2-c2ccnc(Cl)n2)c1. The summed E-state index contributed by atoms with van der Waals surface area (Å²) in [6.07, 6.45) is 4.47. The Bertz CT molecular complexity index is 990. The van der Waals surface area contributed by atoms with Gasteiger partial charge in [-0.25, -0.2) is 19.7 Å². The molecule has 0 spiro atoms. The zero-order valence-electron chi connectivity index (χ0n) is 15.3. The first-order valence-corrected chi connectivity index (χ1v) is 9.94. The maximum atomic E-state index is 11.8. The molecule has 0 unspecified atom stereocenters. The van der Waals surface area contributed by atoms with Gasteiger partial charge in [0.1, 0.15) is 6.61 Å². The lowest BCUT2D eigenvalue weighted by Crippen LogP contribution is -2.13. The van der Waals surface area contributed by atoms with Gasteiger partial charge in [-0.15, -0.1) is 11.3 Å². The summed E-state index contributed by atoms with van der Waals surface area (Å²) in [5.41, 5.74) is 3.00. The number of halogens is 1. The molecule has 8 heteroatoms. The number of carbonyl (C=O) groups is 1. The van der Waals surface area contributed by atoms with Gasteiger partial charge in [0.2, 0.25) is 5.28 Å². The van der Waals surface area contributed by atoms with Crippen molar-refractivity contribution in [1.29, 1.82) is 0 Å². The van der Waals surface area contributed by atoms with Gasteiger partial charge in [-0.1, -0.05) is 31.7 Å². The molecule has 6 nitrogen and oxygen atoms in total. The molecular weight excluding hydrogens is 396 g/mol. The van der Waals surface area contributed by atoms with Crippen molar-refractivity contribution >= 4 is 34.7 Å². The molecule has 0 radical (unpaired) electrons. The number of aryl methyl sites for hydroxylation is 1. The van der Waals surface area contributed by atoms with E-state index in [9.17, 15) is 4.79 Å². The number of nitrogens with one attached hydrogen (secondary N) is 1. The van der Waals surface area contributed by atoms with Crippen LogP contribution in [0.4, 0.5) is 10.5 Å². The number of rotatable bonds is 7. The van der Waals surface area contributed by atoms with Gasteiger partial charge < -0.3 is 4.74 Å². The van der Waals surface area contributed by atoms with Crippen molar-refractivity contribution in [1.82, 2.24) is 15.0 Å². The van der Waals surface area contributed by atoms with Crippen molar-refractivity contribution < 1.29 is 9.53 Å². The molecule has 1 aromatic carbocycles. The topological polar surface area (TPSA) is 77.0 Å². The average molecular weight is 415 g/mol. The summed E-state index contributed by atoms with van der Waals surface area (Å²) >= 11 is 7.57. The highest BCUT2D eigenvalue weighted by Crippen LogP contribution is 2.37. The highest BCUT2D eigenvalue weighted by atomic mass is 35.5. The van der Waals surface area contributed by atoms with E-state index in [4.69, 9.17) is 21.3 Å². The number of hydrogen-bond acceptors (Lipinski definition) is 6. The van der Waals surface area contributed by atoms with Gasteiger partial charge in [0.05, 0.1) is 21.3 Å². The Morgan fingerprint density at radius 3 is 2.96 bits per heavy atom. The Balaban J connectivity index is 1.97. The third kappa shape index (κ3) is 4.94. The first-order valence-electron chi connectivity index (χ1n) is 8.74. The Morgan fingerprint density at radius 2 is 2.21 bits per heavy atom. The molecule has 0 aliphatic carbocycles. The van der Waals surface area contributed by atoms with E-state index in [1.165, 1.54) is 6.08 Å². The third-order valence-electron chi connectivity index (χ3n) is 3.71. The number of nitrogens with zero attached hydrogens (tertiary/aromatic N) is 3. The largest absolute Gasteiger partial charge is 0.445 e. The molecule has 2 heterocycles. The molecule has 0 atom stereocenters. The molecule has 3 aromatic rings. The van der Waals surface area contributed by atoms with E-state index in [1.807, 2.05) is 24.3 Å². The third-order valence-corrected chi connectivity index (χ3v) is 5.03. The van der Waals surface area contributed by atoms with Crippen LogP contribution in [-0.4, -0.2) is 27.7 Å². The fraction of sp³-hybridized carbons (Fsp3) is 0.200. The van der Waals surface area contributed by atoms with E-state index in [0.717, 1.165) is 39.7 Å². The van der Waals surface area contributed by atoms with Crippen LogP contribution < -0.4 is 5.32 Å². The number of carbonyl (C=O) groups excluding carboxylic acids is 1. The molecule has 3 rings (SSSR count). The van der Waals surface area contributed by atoms with Crippen molar-refractivity contribution in [3.05, 3.63) is 59.5 Å². The van der Waals surface area contributed by atoms with Crippen LogP contribution in [0.25, 0.3) is 21.8 Å². The Kier molecular flexibility index (Phi) is 6.73. The highest BCUT2D eigenvalue weighted by Gasteiger charge is 2.17. The predicted octanol–water partition coefficient (Wildman–Crippen LogP) is 5.61. The zero-order valence-corrected chi connectivity index (χ0v) is 16.9. The molecule has 144 valence electrons. The minimum Gasteiger partial charge on any atom is -0.445 e. The molecule has 0 saturated carbocycles. The van der Waals surface area contributed by atoms with Crippen molar-refractivity contribution in [2.45, 2.75) is 19.8 Å². The quantitative estimate of drug-likeness (QED) is 0.401. The van der Waals surface area contributed by atoms with Gasteiger partial charge >= 0.3 is 6.09 Å². The second-order valence-corrected chi connectivity index (χ2v) is 7.26. The van der Waals surface area contributed by atoms with Crippen molar-refractivity contribution in [2.24, 2.45) is 0 Å². The van der Waals surface area contributed by atoms with Gasteiger partial charge in [0.25, 0.3) is 0 Å². The van der Waals surface area contributed by atoms with Crippen LogP contribution in [-0.2, 0) is 11.2 Å². The van der Waals surface area contributed by atoms with Crippen LogP contribution >= 0.6 is 22.9 Å². The summed E-state index contributed by atoms with van der Waals surface area (Å²) < 4.78 is 4.97. The van der Waals surface area contributed by atoms with E-state index in [2.05, 4.69) is 28.8 Å². The van der Waals surface area contributed by atoms with Crippen LogP contribution in [0.15, 0.2) is 49.2 Å². The lowest BCUT2D eigenvalue weighted by atomic mass is 10.1. The number of ether oxygens (including phenoxy) is 1. The van der Waals surface area contributed by atoms with Crippen molar-refractivity contribution in [3.8, 4) is 21.8 Å². The second-order valence-electron chi connectivity index (χ2n) is 5.84. The molecule has 0 bridgehead atoms. The standard InChI is InChI=1S/C20H19ClN4O2S/c1-3-6-16-25-17(18(28-16)15-9-10-22-19(21)24-15)13-7-5-8-14(12-13)23-20(26)27-11-4-2/h4-5,7-10,12H,2-3,6,11H2,1H3,(H,23,26). The normalized spacial score (nSPS) is 10.5. The van der Waals surface area contributed by atoms with Gasteiger partial charge in [0.15, 0.2) is 0 Å². The molecule has 1 N–H and O–H groups in total. The summed E-state index contributed by atoms with van der Waals surface area (Å²) in [4.78, 5) is 25.8. The molecule has 1 amide bonds. The van der Waals surface area contributed by atoms with Crippen LogP contribution in [0.2, 0.25) is 5.28 Å². The molecule has 28 heavy (non-hydrogen) atoms. The Labute approximate surface area is 172 Å². The van der Waals surface area contributed by atoms with E-state index >= 15 is 0 Å². The molecule has 0 saturated heterocycles. The summed E-state index contributed by atoms with van der Waals surface area (Å²) in [6.45, 7) is 5.79. The maximum absolute atomic E-state index is 11.8. The van der Waals surface area contributed by atoms with Gasteiger partial charge in [0, 0.05) is 17.4 Å². The maximum Gasteiger partial charge on any atom is 0.411 e. The fourth-order valence-corrected chi connectivity index (χ4v) is 3.85. The molecule has 0 fully saturated rings. The molecule has 0 aliphatic heterocycles. The lowest BCUT2D eigenvalue weighted by Gasteiger charge is -2.07. The number of aromatic nitrogens is 3. The summed E-state index contributed by atoms with van der Waals surface area (Å²) in [6, 6.07) is 9.25. The molecule has 2 aromatic heterocycles. The van der Waals surface area contributed by atoms with E-state index in [-0.39, 0.29) is 11.9 Å². The predicted molar refractivity (Wildman–Crippen MR) is 113 cm³/mol. The van der Waals surface area contributed by atoms with E-state index in [0.29, 0.717) is 5.69 Å². The van der Waals surface area contributed by atoms with E-state index in [1.54, 1.807) is 23.6 Å². The minimum absolute atomic E-state index is 0.149. The monoisotopic (exact) mass is 414 g/mol. The van der Waals surface area contributed by atoms with Crippen LogP contribution in [0.5, 0.6) is 0 Å². The van der Waals surface area contributed by atoms with Gasteiger partial charge in [-0.2, -0.15) is 0 Å². The number of benzene rings is 1. The summed E-state index contributed by atoms with van der Waals surface area (Å²) in [5.74, 6) is 0. The Morgan fingerprint density at radius 1 is 1.36 bits per heavy atom. The fourth-order valence-electron chi connectivity index (χ4n) is 2.55. The zero-order chi connectivity index (χ0) is 19.9. The lowest BCUT2D eigenvalue weighted by molar-refractivity contribution is 0.174. The van der Waals surface area contributed by atoms with Crippen molar-refractivity contribution in [3.63, 3.8) is 0 Å². The average Bonchev–Trinajstić information content (AvgIpc) is 3.11. The molecule has 0 aliphatic rings. The van der Waals surface area contributed by atoms with Gasteiger partial charge in [-0.05, 0) is 42.6 Å². The highest BCUT2D eigenvalue weighted by molar-refractivity contribution is 7.15. The van der Waals surface area contributed by atoms with Crippen LogP contribution in [0.1, 0.15) is 18.4 Å². The smallest absolute Gasteiger partial charge is 0.411 e. The first kappa shape index (κ1) is 20.0. The second kappa shape index (κ2) is 9.43. The van der Waals surface area contributed by atoms with Crippen LogP contribution in [0.3, 0.4) is 0 Å². The number of hydrogen-bond donors (Lipinski definition) is 1. The summed E-state index contributed by atoms with van der Waals surface area (Å²) in [5, 5.41) is 3.92. The minimum atomic E-state index is -0.537. The Hall–Kier alpha value is -2.77. The summed E-state index contributed by atoms with van der Waals surface area (Å²) in [7, 11) is 0. The first-order chi connectivity index (χ1) is 13.6. The number of thiazole rings is 1. The number of amides is 1. The van der Waals surface area contributed by atoms with E-state index < -0.39 is 6.09 Å². The number of anilines is 1. The van der Waals surface area contributed by atoms with Crippen LogP contribution in [0, 0.1) is 0 Å². The van der Waals surface area contributed by atoms with Crippen molar-refractivity contribution in [2.75, 3.05) is 11.9 Å².